The van der Waals surface area contributed by atoms with Gasteiger partial charge in [0.25, 0.3) is 0 Å². The third kappa shape index (κ3) is 6.24. The predicted octanol–water partition coefficient (Wildman–Crippen LogP) is 3.13. The lowest BCUT2D eigenvalue weighted by molar-refractivity contribution is -0.137. The van der Waals surface area contributed by atoms with Crippen molar-refractivity contribution in [2.75, 3.05) is 13.7 Å². The van der Waals surface area contributed by atoms with Crippen LogP contribution in [-0.4, -0.2) is 31.0 Å². The van der Waals surface area contributed by atoms with Crippen LogP contribution in [0.3, 0.4) is 0 Å². The lowest BCUT2D eigenvalue weighted by Gasteiger charge is -2.14. The smallest absolute Gasteiger partial charge is 0.405 e. The Labute approximate surface area is 124 Å². The molecule has 21 heavy (non-hydrogen) atoms. The first kappa shape index (κ1) is 17.6. The van der Waals surface area contributed by atoms with E-state index in [1.54, 1.807) is 0 Å². The number of halogens is 4. The van der Waals surface area contributed by atoms with Crippen molar-refractivity contribution >= 4 is 17.7 Å². The van der Waals surface area contributed by atoms with Crippen LogP contribution in [0.5, 0.6) is 5.75 Å². The molecular weight excluding hydrogens is 310 g/mol. The molecule has 0 fully saturated rings. The fourth-order valence-electron chi connectivity index (χ4n) is 1.48. The predicted molar refractivity (Wildman–Crippen MR) is 72.8 cm³/mol. The average Bonchev–Trinajstić information content (AvgIpc) is 2.41. The highest BCUT2D eigenvalue weighted by atomic mass is 32.2. The second-order valence-electron chi connectivity index (χ2n) is 4.24. The molecular formula is C13H15F4NO2S. The number of amides is 1. The Hall–Kier alpha value is -1.44. The molecule has 1 N–H and O–H groups in total. The van der Waals surface area contributed by atoms with Crippen molar-refractivity contribution in [2.45, 2.75) is 24.1 Å². The average molecular weight is 325 g/mol. The Bertz CT molecular complexity index is 494. The van der Waals surface area contributed by atoms with Gasteiger partial charge in [-0.15, -0.1) is 11.8 Å². The minimum atomic E-state index is -4.44. The van der Waals surface area contributed by atoms with Gasteiger partial charge in [-0.1, -0.05) is 0 Å². The van der Waals surface area contributed by atoms with Crippen molar-refractivity contribution in [2.24, 2.45) is 0 Å². The fourth-order valence-corrected chi connectivity index (χ4v) is 2.37. The summed E-state index contributed by atoms with van der Waals surface area (Å²) in [4.78, 5) is 11.5. The highest BCUT2D eigenvalue weighted by molar-refractivity contribution is 7.99. The van der Waals surface area contributed by atoms with E-state index in [1.807, 2.05) is 5.32 Å². The molecule has 118 valence electrons. The third-order valence-electron chi connectivity index (χ3n) is 2.56. The number of nitrogens with one attached hydrogen (secondary N) is 1. The number of hydrogen-bond acceptors (Lipinski definition) is 3. The third-order valence-corrected chi connectivity index (χ3v) is 3.76. The van der Waals surface area contributed by atoms with Crippen molar-refractivity contribution in [3.8, 4) is 5.75 Å². The van der Waals surface area contributed by atoms with Crippen molar-refractivity contribution in [1.82, 2.24) is 5.32 Å². The van der Waals surface area contributed by atoms with Crippen LogP contribution in [0.4, 0.5) is 17.6 Å². The molecule has 0 aliphatic heterocycles. The first-order chi connectivity index (χ1) is 9.73. The zero-order valence-corrected chi connectivity index (χ0v) is 12.3. The zero-order valence-electron chi connectivity index (χ0n) is 11.5. The second-order valence-corrected chi connectivity index (χ2v) is 5.57. The van der Waals surface area contributed by atoms with Crippen LogP contribution in [0.15, 0.2) is 18.2 Å². The quantitative estimate of drug-likeness (QED) is 0.817. The van der Waals surface area contributed by atoms with E-state index in [4.69, 9.17) is 4.74 Å². The second kappa shape index (κ2) is 7.53. The van der Waals surface area contributed by atoms with Gasteiger partial charge in [0.05, 0.1) is 12.4 Å². The number of carbonyl (C=O) groups excluding carboxylic acids is 1. The Morgan fingerprint density at radius 2 is 2.10 bits per heavy atom. The van der Waals surface area contributed by atoms with Gasteiger partial charge in [-0.05, 0) is 25.1 Å². The summed E-state index contributed by atoms with van der Waals surface area (Å²) in [6, 6.07) is 3.97. The van der Waals surface area contributed by atoms with Gasteiger partial charge < -0.3 is 10.1 Å². The molecule has 0 aliphatic carbocycles. The summed E-state index contributed by atoms with van der Waals surface area (Å²) in [5, 5.41) is 1.11. The lowest BCUT2D eigenvalue weighted by Crippen LogP contribution is -2.38. The van der Waals surface area contributed by atoms with E-state index >= 15 is 0 Å². The number of alkyl halides is 3. The summed E-state index contributed by atoms with van der Waals surface area (Å²) in [7, 11) is 1.43. The monoisotopic (exact) mass is 325 g/mol. The maximum Gasteiger partial charge on any atom is 0.405 e. The van der Waals surface area contributed by atoms with Gasteiger partial charge in [0.2, 0.25) is 5.91 Å². The van der Waals surface area contributed by atoms with Crippen molar-refractivity contribution in [3.63, 3.8) is 0 Å². The number of carbonyl (C=O) groups is 1. The number of rotatable bonds is 6. The maximum atomic E-state index is 13.1. The molecule has 0 aliphatic rings. The van der Waals surface area contributed by atoms with Gasteiger partial charge in [0.15, 0.2) is 0 Å². The summed E-state index contributed by atoms with van der Waals surface area (Å²) >= 11 is 1.10. The highest BCUT2D eigenvalue weighted by Crippen LogP contribution is 2.26. The van der Waals surface area contributed by atoms with E-state index in [-0.39, 0.29) is 5.75 Å². The minimum absolute atomic E-state index is 0.252. The Kier molecular flexibility index (Phi) is 6.32. The summed E-state index contributed by atoms with van der Waals surface area (Å²) < 4.78 is 54.2. The molecule has 1 rings (SSSR count). The number of ether oxygens (including phenoxy) is 1. The molecule has 0 aromatic heterocycles. The van der Waals surface area contributed by atoms with Crippen LogP contribution in [0.1, 0.15) is 12.5 Å². The summed E-state index contributed by atoms with van der Waals surface area (Å²) in [5.41, 5.74) is 0.540. The van der Waals surface area contributed by atoms with Gasteiger partial charge in [0, 0.05) is 11.3 Å². The first-order valence-electron chi connectivity index (χ1n) is 6.01. The standard InChI is InChI=1S/C13H15F4NO2S/c1-8(12(19)18-7-13(15,16)17)21-6-9-5-10(14)3-4-11(9)20-2/h3-5,8H,6-7H2,1-2H3,(H,18,19). The number of benzene rings is 1. The van der Waals surface area contributed by atoms with Crippen molar-refractivity contribution < 1.29 is 27.1 Å². The Morgan fingerprint density at radius 3 is 2.67 bits per heavy atom. The molecule has 0 radical (unpaired) electrons. The van der Waals surface area contributed by atoms with Gasteiger partial charge in [-0.25, -0.2) is 4.39 Å². The SMILES string of the molecule is COc1ccc(F)cc1CSC(C)C(=O)NCC(F)(F)F. The molecule has 0 heterocycles. The van der Waals surface area contributed by atoms with Crippen LogP contribution in [0.25, 0.3) is 0 Å². The molecule has 0 saturated carbocycles. The fraction of sp³-hybridized carbons (Fsp3) is 0.462. The molecule has 1 atom stereocenters. The number of hydrogen-bond donors (Lipinski definition) is 1. The normalized spacial score (nSPS) is 12.9. The Morgan fingerprint density at radius 1 is 1.43 bits per heavy atom. The van der Waals surface area contributed by atoms with Gasteiger partial charge in [0.1, 0.15) is 18.1 Å². The maximum absolute atomic E-state index is 13.1. The van der Waals surface area contributed by atoms with Crippen molar-refractivity contribution in [3.05, 3.63) is 29.6 Å². The minimum Gasteiger partial charge on any atom is -0.496 e. The number of thioether (sulfide) groups is 1. The van der Waals surface area contributed by atoms with E-state index in [9.17, 15) is 22.4 Å². The van der Waals surface area contributed by atoms with Gasteiger partial charge in [-0.2, -0.15) is 13.2 Å². The largest absolute Gasteiger partial charge is 0.496 e. The topological polar surface area (TPSA) is 38.3 Å². The summed E-state index contributed by atoms with van der Waals surface area (Å²) in [6.45, 7) is 0.127. The van der Waals surface area contributed by atoms with Crippen LogP contribution in [0, 0.1) is 5.82 Å². The van der Waals surface area contributed by atoms with Crippen LogP contribution >= 0.6 is 11.8 Å². The van der Waals surface area contributed by atoms with E-state index in [2.05, 4.69) is 0 Å². The summed E-state index contributed by atoms with van der Waals surface area (Å²) in [6.07, 6.45) is -4.44. The molecule has 3 nitrogen and oxygen atoms in total. The molecule has 1 aromatic carbocycles. The molecule has 0 bridgehead atoms. The van der Waals surface area contributed by atoms with E-state index < -0.39 is 29.7 Å². The van der Waals surface area contributed by atoms with Gasteiger partial charge >= 0.3 is 6.18 Å². The molecule has 1 amide bonds. The Balaban J connectivity index is 2.54. The van der Waals surface area contributed by atoms with Crippen LogP contribution in [-0.2, 0) is 10.5 Å². The molecule has 1 unspecified atom stereocenters. The zero-order chi connectivity index (χ0) is 16.0. The number of methoxy groups -OCH3 is 1. The molecule has 0 saturated heterocycles. The van der Waals surface area contributed by atoms with Gasteiger partial charge in [-0.3, -0.25) is 4.79 Å². The van der Waals surface area contributed by atoms with Crippen molar-refractivity contribution in [1.29, 1.82) is 0 Å². The van der Waals surface area contributed by atoms with E-state index in [0.717, 1.165) is 11.8 Å². The molecule has 0 spiro atoms. The van der Waals surface area contributed by atoms with Crippen LogP contribution in [0.2, 0.25) is 0 Å². The first-order valence-corrected chi connectivity index (χ1v) is 7.06. The lowest BCUT2D eigenvalue weighted by atomic mass is 10.2. The molecule has 8 heteroatoms. The van der Waals surface area contributed by atoms with E-state index in [1.165, 1.54) is 32.2 Å². The summed E-state index contributed by atoms with van der Waals surface area (Å²) in [5.74, 6) is -0.443. The highest BCUT2D eigenvalue weighted by Gasteiger charge is 2.28. The van der Waals surface area contributed by atoms with E-state index in [0.29, 0.717) is 11.3 Å². The van der Waals surface area contributed by atoms with Crippen LogP contribution < -0.4 is 10.1 Å². The molecule has 1 aromatic rings.